The van der Waals surface area contributed by atoms with E-state index in [0.717, 1.165) is 11.1 Å². The molecule has 0 saturated carbocycles. The van der Waals surface area contributed by atoms with Crippen molar-refractivity contribution in [2.75, 3.05) is 20.2 Å². The minimum Gasteiger partial charge on any atom is -0.459 e. The van der Waals surface area contributed by atoms with Crippen molar-refractivity contribution in [3.8, 4) is 23.0 Å². The van der Waals surface area contributed by atoms with E-state index in [2.05, 4.69) is 0 Å². The summed E-state index contributed by atoms with van der Waals surface area (Å²) in [6.45, 7) is 0.252. The normalized spacial score (nSPS) is 23.7. The van der Waals surface area contributed by atoms with Crippen molar-refractivity contribution in [3.05, 3.63) is 53.1 Å². The van der Waals surface area contributed by atoms with Gasteiger partial charge in [-0.15, -0.1) is 0 Å². The molecule has 1 fully saturated rings. The van der Waals surface area contributed by atoms with Crippen molar-refractivity contribution < 1.29 is 33.6 Å². The predicted octanol–water partition coefficient (Wildman–Crippen LogP) is 2.06. The zero-order valence-electron chi connectivity index (χ0n) is 14.3. The van der Waals surface area contributed by atoms with Gasteiger partial charge in [0.2, 0.25) is 13.6 Å². The van der Waals surface area contributed by atoms with Crippen molar-refractivity contribution >= 4 is 12.0 Å². The van der Waals surface area contributed by atoms with Gasteiger partial charge in [0.15, 0.2) is 23.0 Å². The van der Waals surface area contributed by atoms with Crippen LogP contribution in [-0.2, 0) is 16.0 Å². The molecule has 0 aliphatic carbocycles. The Morgan fingerprint density at radius 1 is 0.889 bits per heavy atom. The van der Waals surface area contributed by atoms with Gasteiger partial charge in [0.25, 0.3) is 0 Å². The molecule has 5 rings (SSSR count). The van der Waals surface area contributed by atoms with Crippen LogP contribution in [0.2, 0.25) is 0 Å². The number of hydrogen-bond donors (Lipinski definition) is 1. The van der Waals surface area contributed by atoms with Crippen LogP contribution in [0.3, 0.4) is 0 Å². The third-order valence-corrected chi connectivity index (χ3v) is 4.80. The van der Waals surface area contributed by atoms with Crippen molar-refractivity contribution in [1.82, 2.24) is 0 Å². The second kappa shape index (κ2) is 5.92. The predicted molar refractivity (Wildman–Crippen MR) is 92.7 cm³/mol. The molecule has 0 aromatic heterocycles. The smallest absolute Gasteiger partial charge is 0.337 e. The number of carbonyl (C=O) groups is 1. The summed E-state index contributed by atoms with van der Waals surface area (Å²) >= 11 is 0. The fourth-order valence-corrected chi connectivity index (χ4v) is 3.43. The van der Waals surface area contributed by atoms with Crippen LogP contribution in [0.4, 0.5) is 0 Å². The van der Waals surface area contributed by atoms with E-state index in [1.807, 2.05) is 6.07 Å². The fraction of sp³-hybridized carbons (Fsp3) is 0.250. The number of rotatable bonds is 3. The Bertz CT molecular complexity index is 965. The molecule has 2 aromatic carbocycles. The molecular weight excluding hydrogens is 352 g/mol. The Labute approximate surface area is 154 Å². The first kappa shape index (κ1) is 16.0. The molecule has 138 valence electrons. The molecule has 2 aromatic rings. The third kappa shape index (κ3) is 2.76. The maximum atomic E-state index is 12.3. The summed E-state index contributed by atoms with van der Waals surface area (Å²) in [6.07, 6.45) is 1.84. The SMILES string of the molecule is O=C1OCC(O)(Cc2ccc3c(c2)OCO3)/C1=C\c1ccc2c(c1)OCO2. The highest BCUT2D eigenvalue weighted by Gasteiger charge is 2.44. The van der Waals surface area contributed by atoms with Gasteiger partial charge in [0, 0.05) is 6.42 Å². The van der Waals surface area contributed by atoms with E-state index in [9.17, 15) is 9.90 Å². The number of aliphatic hydroxyl groups is 1. The van der Waals surface area contributed by atoms with Gasteiger partial charge in [0.05, 0.1) is 5.57 Å². The highest BCUT2D eigenvalue weighted by atomic mass is 16.7. The Morgan fingerprint density at radius 2 is 1.56 bits per heavy atom. The Balaban J connectivity index is 1.46. The number of carbonyl (C=O) groups excluding carboxylic acids is 1. The number of cyclic esters (lactones) is 1. The summed E-state index contributed by atoms with van der Waals surface area (Å²) in [7, 11) is 0. The van der Waals surface area contributed by atoms with Gasteiger partial charge in [-0.05, 0) is 41.5 Å². The molecule has 7 nitrogen and oxygen atoms in total. The maximum Gasteiger partial charge on any atom is 0.337 e. The highest BCUT2D eigenvalue weighted by Crippen LogP contribution is 2.38. The number of esters is 1. The molecule has 7 heteroatoms. The zero-order chi connectivity index (χ0) is 18.4. The van der Waals surface area contributed by atoms with Gasteiger partial charge in [-0.25, -0.2) is 4.79 Å². The lowest BCUT2D eigenvalue weighted by Gasteiger charge is -2.21. The second-order valence-electron chi connectivity index (χ2n) is 6.64. The van der Waals surface area contributed by atoms with E-state index in [4.69, 9.17) is 23.7 Å². The molecule has 0 amide bonds. The lowest BCUT2D eigenvalue weighted by Crippen LogP contribution is -2.34. The van der Waals surface area contributed by atoms with Crippen LogP contribution in [0.15, 0.2) is 42.0 Å². The summed E-state index contributed by atoms with van der Waals surface area (Å²) in [5, 5.41) is 11.1. The lowest BCUT2D eigenvalue weighted by atomic mass is 9.88. The molecular formula is C20H16O7. The summed E-state index contributed by atoms with van der Waals surface area (Å²) in [4.78, 5) is 12.3. The number of fused-ring (bicyclic) bond motifs is 2. The van der Waals surface area contributed by atoms with Crippen molar-refractivity contribution in [3.63, 3.8) is 0 Å². The van der Waals surface area contributed by atoms with E-state index in [-0.39, 0.29) is 32.2 Å². The monoisotopic (exact) mass is 368 g/mol. The lowest BCUT2D eigenvalue weighted by molar-refractivity contribution is -0.135. The zero-order valence-corrected chi connectivity index (χ0v) is 14.3. The van der Waals surface area contributed by atoms with E-state index >= 15 is 0 Å². The van der Waals surface area contributed by atoms with E-state index in [0.29, 0.717) is 23.0 Å². The van der Waals surface area contributed by atoms with Crippen LogP contribution >= 0.6 is 0 Å². The molecule has 3 heterocycles. The van der Waals surface area contributed by atoms with E-state index in [1.54, 1.807) is 36.4 Å². The van der Waals surface area contributed by atoms with Crippen molar-refractivity contribution in [2.45, 2.75) is 12.0 Å². The molecule has 1 unspecified atom stereocenters. The first-order valence-electron chi connectivity index (χ1n) is 8.51. The quantitative estimate of drug-likeness (QED) is 0.656. The first-order valence-corrected chi connectivity index (χ1v) is 8.51. The van der Waals surface area contributed by atoms with Crippen LogP contribution in [0.5, 0.6) is 23.0 Å². The Hall–Kier alpha value is -3.19. The highest BCUT2D eigenvalue weighted by molar-refractivity contribution is 5.98. The number of hydrogen-bond acceptors (Lipinski definition) is 7. The van der Waals surface area contributed by atoms with Crippen LogP contribution in [0, 0.1) is 0 Å². The average molecular weight is 368 g/mol. The molecule has 27 heavy (non-hydrogen) atoms. The van der Waals surface area contributed by atoms with Crippen molar-refractivity contribution in [1.29, 1.82) is 0 Å². The third-order valence-electron chi connectivity index (χ3n) is 4.80. The van der Waals surface area contributed by atoms with Gasteiger partial charge >= 0.3 is 5.97 Å². The summed E-state index contributed by atoms with van der Waals surface area (Å²) in [6, 6.07) is 10.8. The standard InChI is InChI=1S/C20H16O7/c21-19-14(5-12-1-3-15-17(6-12)26-10-24-15)20(22,9-23-19)8-13-2-4-16-18(7-13)27-11-25-16/h1-7,22H,8-11H2/b14-5-. The van der Waals surface area contributed by atoms with Gasteiger partial charge in [-0.1, -0.05) is 12.1 Å². The van der Waals surface area contributed by atoms with Crippen molar-refractivity contribution in [2.24, 2.45) is 0 Å². The molecule has 0 spiro atoms. The van der Waals surface area contributed by atoms with Crippen LogP contribution in [-0.4, -0.2) is 36.9 Å². The summed E-state index contributed by atoms with van der Waals surface area (Å²) < 4.78 is 26.5. The Morgan fingerprint density at radius 3 is 2.33 bits per heavy atom. The molecule has 1 atom stereocenters. The van der Waals surface area contributed by atoms with Gasteiger partial charge in [-0.2, -0.15) is 0 Å². The molecule has 3 aliphatic heterocycles. The van der Waals surface area contributed by atoms with Crippen LogP contribution in [0.25, 0.3) is 6.08 Å². The molecule has 0 radical (unpaired) electrons. The molecule has 1 saturated heterocycles. The van der Waals surface area contributed by atoms with Gasteiger partial charge in [-0.3, -0.25) is 0 Å². The topological polar surface area (TPSA) is 83.5 Å². The average Bonchev–Trinajstić information content (AvgIpc) is 3.37. The minimum atomic E-state index is -1.43. The van der Waals surface area contributed by atoms with Crippen LogP contribution < -0.4 is 18.9 Å². The van der Waals surface area contributed by atoms with E-state index in [1.165, 1.54) is 0 Å². The molecule has 1 N–H and O–H groups in total. The largest absolute Gasteiger partial charge is 0.459 e. The van der Waals surface area contributed by atoms with Crippen LogP contribution in [0.1, 0.15) is 11.1 Å². The summed E-state index contributed by atoms with van der Waals surface area (Å²) in [5.41, 5.74) is 0.314. The number of ether oxygens (including phenoxy) is 5. The maximum absolute atomic E-state index is 12.3. The first-order chi connectivity index (χ1) is 13.1. The van der Waals surface area contributed by atoms with Gasteiger partial charge < -0.3 is 28.8 Å². The molecule has 3 aliphatic rings. The summed E-state index contributed by atoms with van der Waals surface area (Å²) in [5.74, 6) is 2.02. The minimum absolute atomic E-state index is 0.101. The van der Waals surface area contributed by atoms with Gasteiger partial charge in [0.1, 0.15) is 12.2 Å². The van der Waals surface area contributed by atoms with E-state index < -0.39 is 11.6 Å². The number of benzene rings is 2. The second-order valence-corrected chi connectivity index (χ2v) is 6.64. The Kier molecular flexibility index (Phi) is 3.51. The molecule has 0 bridgehead atoms. The fourth-order valence-electron chi connectivity index (χ4n) is 3.43.